The summed E-state index contributed by atoms with van der Waals surface area (Å²) in [5.74, 6) is -0.203. The molecule has 3 heteroatoms. The number of ether oxygens (including phenoxy) is 1. The van der Waals surface area contributed by atoms with E-state index in [1.165, 1.54) is 19.8 Å². The maximum atomic E-state index is 10.4. The van der Waals surface area contributed by atoms with Gasteiger partial charge in [0.25, 0.3) is 0 Å². The van der Waals surface area contributed by atoms with Crippen LogP contribution in [0.1, 0.15) is 39.5 Å². The third-order valence-corrected chi connectivity index (χ3v) is 2.16. The van der Waals surface area contributed by atoms with Crippen LogP contribution in [-0.2, 0) is 9.53 Å². The zero-order valence-corrected chi connectivity index (χ0v) is 8.77. The van der Waals surface area contributed by atoms with E-state index in [1.807, 2.05) is 0 Å². The highest BCUT2D eigenvalue weighted by molar-refractivity contribution is 7.80. The highest BCUT2D eigenvalue weighted by Crippen LogP contribution is 2.10. The summed E-state index contributed by atoms with van der Waals surface area (Å²) < 4.78 is 4.80. The lowest BCUT2D eigenvalue weighted by molar-refractivity contribution is -0.141. The van der Waals surface area contributed by atoms with E-state index in [0.717, 1.165) is 12.8 Å². The van der Waals surface area contributed by atoms with E-state index in [1.54, 1.807) is 0 Å². The van der Waals surface area contributed by atoms with Crippen LogP contribution in [0.5, 0.6) is 0 Å². The second kappa shape index (κ2) is 7.47. The van der Waals surface area contributed by atoms with E-state index in [2.05, 4.69) is 19.6 Å². The van der Waals surface area contributed by atoms with Gasteiger partial charge in [-0.2, -0.15) is 12.6 Å². The first-order valence-corrected chi connectivity index (χ1v) is 5.00. The summed E-state index contributed by atoms with van der Waals surface area (Å²) in [5.41, 5.74) is 0. The first-order valence-electron chi connectivity index (χ1n) is 4.48. The first kappa shape index (κ1) is 11.8. The lowest BCUT2D eigenvalue weighted by Gasteiger charge is -2.08. The average molecular weight is 190 g/mol. The Morgan fingerprint density at radius 2 is 2.17 bits per heavy atom. The molecule has 2 nitrogen and oxygen atoms in total. The molecule has 12 heavy (non-hydrogen) atoms. The van der Waals surface area contributed by atoms with Gasteiger partial charge >= 0.3 is 5.97 Å². The van der Waals surface area contributed by atoms with Gasteiger partial charge in [0.1, 0.15) is 0 Å². The van der Waals surface area contributed by atoms with Crippen molar-refractivity contribution in [3.8, 4) is 0 Å². The van der Waals surface area contributed by atoms with Crippen molar-refractivity contribution in [2.75, 3.05) is 6.61 Å². The Labute approximate surface area is 80.1 Å². The van der Waals surface area contributed by atoms with Gasteiger partial charge in [-0.25, -0.2) is 0 Å². The SMILES string of the molecule is CCCC[C@H](S)CCOC(C)=O. The Morgan fingerprint density at radius 3 is 2.67 bits per heavy atom. The van der Waals surface area contributed by atoms with Crippen molar-refractivity contribution in [3.05, 3.63) is 0 Å². The maximum Gasteiger partial charge on any atom is 0.302 e. The van der Waals surface area contributed by atoms with Crippen LogP contribution in [0.15, 0.2) is 0 Å². The number of thiol groups is 1. The molecule has 0 aliphatic rings. The van der Waals surface area contributed by atoms with Crippen LogP contribution in [0, 0.1) is 0 Å². The largest absolute Gasteiger partial charge is 0.466 e. The predicted molar refractivity (Wildman–Crippen MR) is 53.5 cm³/mol. The van der Waals surface area contributed by atoms with Gasteiger partial charge in [0.05, 0.1) is 6.61 Å². The van der Waals surface area contributed by atoms with Crippen molar-refractivity contribution in [1.82, 2.24) is 0 Å². The molecular weight excluding hydrogens is 172 g/mol. The Balaban J connectivity index is 3.19. The summed E-state index contributed by atoms with van der Waals surface area (Å²) in [6.45, 7) is 4.10. The molecule has 0 amide bonds. The average Bonchev–Trinajstić information content (AvgIpc) is 2.00. The molecule has 1 atom stereocenters. The predicted octanol–water partition coefficient (Wildman–Crippen LogP) is 2.43. The summed E-state index contributed by atoms with van der Waals surface area (Å²) in [6, 6.07) is 0. The highest BCUT2D eigenvalue weighted by Gasteiger charge is 2.02. The van der Waals surface area contributed by atoms with Gasteiger partial charge in [0.15, 0.2) is 0 Å². The van der Waals surface area contributed by atoms with Crippen LogP contribution < -0.4 is 0 Å². The van der Waals surface area contributed by atoms with Crippen molar-refractivity contribution in [2.24, 2.45) is 0 Å². The summed E-state index contributed by atoms with van der Waals surface area (Å²) in [5, 5.41) is 0.379. The molecule has 0 unspecified atom stereocenters. The number of esters is 1. The fourth-order valence-corrected chi connectivity index (χ4v) is 1.21. The van der Waals surface area contributed by atoms with Gasteiger partial charge in [0.2, 0.25) is 0 Å². The summed E-state index contributed by atoms with van der Waals surface area (Å²) >= 11 is 4.38. The molecule has 0 rings (SSSR count). The molecule has 0 saturated heterocycles. The topological polar surface area (TPSA) is 26.3 Å². The van der Waals surface area contributed by atoms with Crippen molar-refractivity contribution in [1.29, 1.82) is 0 Å². The van der Waals surface area contributed by atoms with Gasteiger partial charge in [-0.1, -0.05) is 19.8 Å². The van der Waals surface area contributed by atoms with Gasteiger partial charge in [-0.15, -0.1) is 0 Å². The van der Waals surface area contributed by atoms with E-state index >= 15 is 0 Å². The van der Waals surface area contributed by atoms with Crippen LogP contribution in [0.25, 0.3) is 0 Å². The van der Waals surface area contributed by atoms with Crippen molar-refractivity contribution in [2.45, 2.75) is 44.8 Å². The molecule has 0 fully saturated rings. The zero-order chi connectivity index (χ0) is 9.40. The van der Waals surface area contributed by atoms with Crippen LogP contribution in [0.4, 0.5) is 0 Å². The molecule has 0 aromatic rings. The molecule has 0 aromatic heterocycles. The van der Waals surface area contributed by atoms with E-state index in [4.69, 9.17) is 4.74 Å². The third-order valence-electron chi connectivity index (χ3n) is 1.65. The van der Waals surface area contributed by atoms with E-state index in [-0.39, 0.29) is 5.97 Å². The Kier molecular flexibility index (Phi) is 7.36. The quantitative estimate of drug-likeness (QED) is 0.514. The van der Waals surface area contributed by atoms with Gasteiger partial charge in [-0.3, -0.25) is 4.79 Å². The summed E-state index contributed by atoms with van der Waals surface area (Å²) in [6.07, 6.45) is 4.38. The minimum absolute atomic E-state index is 0.203. The smallest absolute Gasteiger partial charge is 0.302 e. The van der Waals surface area contributed by atoms with Crippen LogP contribution in [0.3, 0.4) is 0 Å². The van der Waals surface area contributed by atoms with Crippen molar-refractivity contribution in [3.63, 3.8) is 0 Å². The summed E-state index contributed by atoms with van der Waals surface area (Å²) in [7, 11) is 0. The highest BCUT2D eigenvalue weighted by atomic mass is 32.1. The Bertz CT molecular complexity index is 126. The standard InChI is InChI=1S/C9H18O2S/c1-3-4-5-9(12)6-7-11-8(2)10/h9,12H,3-7H2,1-2H3/t9-/m0/s1. The first-order chi connectivity index (χ1) is 5.66. The van der Waals surface area contributed by atoms with Crippen molar-refractivity contribution >= 4 is 18.6 Å². The molecule has 0 spiro atoms. The minimum atomic E-state index is -0.203. The lowest BCUT2D eigenvalue weighted by Crippen LogP contribution is -2.07. The molecule has 0 heterocycles. The molecule has 0 saturated carbocycles. The minimum Gasteiger partial charge on any atom is -0.466 e. The molecule has 72 valence electrons. The Morgan fingerprint density at radius 1 is 1.50 bits per heavy atom. The van der Waals surface area contributed by atoms with Crippen LogP contribution in [0.2, 0.25) is 0 Å². The number of rotatable bonds is 6. The fourth-order valence-electron chi connectivity index (χ4n) is 0.923. The molecule has 0 bridgehead atoms. The fraction of sp³-hybridized carbons (Fsp3) is 0.889. The normalized spacial score (nSPS) is 12.6. The maximum absolute atomic E-state index is 10.4. The monoisotopic (exact) mass is 190 g/mol. The second-order valence-electron chi connectivity index (χ2n) is 2.92. The number of hydrogen-bond acceptors (Lipinski definition) is 3. The molecule has 0 N–H and O–H groups in total. The second-order valence-corrected chi connectivity index (χ2v) is 3.66. The van der Waals surface area contributed by atoms with Crippen molar-refractivity contribution < 1.29 is 9.53 Å². The lowest BCUT2D eigenvalue weighted by atomic mass is 10.1. The van der Waals surface area contributed by atoms with Crippen LogP contribution in [-0.4, -0.2) is 17.8 Å². The van der Waals surface area contributed by atoms with E-state index in [0.29, 0.717) is 11.9 Å². The molecule has 0 aromatic carbocycles. The van der Waals surface area contributed by atoms with E-state index < -0.39 is 0 Å². The number of carbonyl (C=O) groups excluding carboxylic acids is 1. The van der Waals surface area contributed by atoms with Gasteiger partial charge in [0, 0.05) is 12.2 Å². The van der Waals surface area contributed by atoms with Gasteiger partial charge < -0.3 is 4.74 Å². The summed E-state index contributed by atoms with van der Waals surface area (Å²) in [4.78, 5) is 10.4. The van der Waals surface area contributed by atoms with Gasteiger partial charge in [-0.05, 0) is 12.8 Å². The third kappa shape index (κ3) is 7.92. The molecule has 0 aliphatic heterocycles. The molecule has 0 radical (unpaired) electrons. The number of unbranched alkanes of at least 4 members (excludes halogenated alkanes) is 1. The van der Waals surface area contributed by atoms with E-state index in [9.17, 15) is 4.79 Å². The molecule has 0 aliphatic carbocycles. The van der Waals surface area contributed by atoms with Crippen LogP contribution >= 0.6 is 12.6 Å². The number of hydrogen-bond donors (Lipinski definition) is 1. The zero-order valence-electron chi connectivity index (χ0n) is 7.88. The number of carbonyl (C=O) groups is 1. The molecular formula is C9H18O2S. The Hall–Kier alpha value is -0.180.